The van der Waals surface area contributed by atoms with Crippen molar-refractivity contribution in [3.63, 3.8) is 0 Å². The predicted octanol–water partition coefficient (Wildman–Crippen LogP) is 4.94. The Kier molecular flexibility index (Phi) is 5.49. The molecule has 0 fully saturated rings. The minimum atomic E-state index is -0.804. The second-order valence-corrected chi connectivity index (χ2v) is 6.13. The summed E-state index contributed by atoms with van der Waals surface area (Å²) >= 11 is 5.99. The molecule has 3 aromatic rings. The molecule has 0 unspecified atom stereocenters. The Morgan fingerprint density at radius 3 is 2.08 bits per heavy atom. The number of phenolic OH excluding ortho intramolecular Hbond substituents is 1. The number of halogens is 1. The van der Waals surface area contributed by atoms with Crippen LogP contribution < -0.4 is 0 Å². The van der Waals surface area contributed by atoms with Crippen LogP contribution in [0.1, 0.15) is 28.8 Å². The number of phenols is 1. The number of hydrogen-bond donors (Lipinski definition) is 2. The summed E-state index contributed by atoms with van der Waals surface area (Å²) in [6.45, 7) is 0. The summed E-state index contributed by atoms with van der Waals surface area (Å²) in [6.07, 6.45) is 0.742. The lowest BCUT2D eigenvalue weighted by Gasteiger charge is -2.20. The molecule has 3 rings (SSSR count). The lowest BCUT2D eigenvalue weighted by atomic mass is 9.96. The standard InChI is InChI=1S/C21H18ClNO2/c22-18-11-12-19(24)17(13-18)14-23-20(15-7-3-1-4-8-15)21(25)16-9-5-2-6-10-16/h1-14,20-21,24-25H/t20-,21+/m1/s1. The van der Waals surface area contributed by atoms with Gasteiger partial charge in [0.2, 0.25) is 0 Å². The van der Waals surface area contributed by atoms with Crippen molar-refractivity contribution in [1.29, 1.82) is 0 Å². The second-order valence-electron chi connectivity index (χ2n) is 5.69. The van der Waals surface area contributed by atoms with Gasteiger partial charge in [0.1, 0.15) is 17.9 Å². The Labute approximate surface area is 151 Å². The van der Waals surface area contributed by atoms with Crippen molar-refractivity contribution >= 4 is 17.8 Å². The number of aromatic hydroxyl groups is 1. The second kappa shape index (κ2) is 7.97. The number of nitrogens with zero attached hydrogens (tertiary/aromatic N) is 1. The molecule has 0 radical (unpaired) electrons. The summed E-state index contributed by atoms with van der Waals surface area (Å²) in [5.41, 5.74) is 2.18. The van der Waals surface area contributed by atoms with Crippen molar-refractivity contribution in [2.24, 2.45) is 4.99 Å². The summed E-state index contributed by atoms with van der Waals surface area (Å²) in [6, 6.07) is 23.3. The predicted molar refractivity (Wildman–Crippen MR) is 101 cm³/mol. The minimum absolute atomic E-state index is 0.0918. The van der Waals surface area contributed by atoms with Gasteiger partial charge in [-0.2, -0.15) is 0 Å². The van der Waals surface area contributed by atoms with Crippen LogP contribution >= 0.6 is 11.6 Å². The molecular weight excluding hydrogens is 334 g/mol. The van der Waals surface area contributed by atoms with Gasteiger partial charge >= 0.3 is 0 Å². The molecule has 0 amide bonds. The molecular formula is C21H18ClNO2. The fraction of sp³-hybridized carbons (Fsp3) is 0.0952. The number of hydrogen-bond acceptors (Lipinski definition) is 3. The largest absolute Gasteiger partial charge is 0.507 e. The van der Waals surface area contributed by atoms with E-state index in [1.165, 1.54) is 6.07 Å². The van der Waals surface area contributed by atoms with Crippen molar-refractivity contribution < 1.29 is 10.2 Å². The van der Waals surface area contributed by atoms with E-state index in [0.717, 1.165) is 11.1 Å². The van der Waals surface area contributed by atoms with Gasteiger partial charge in [-0.05, 0) is 29.3 Å². The molecule has 4 heteroatoms. The highest BCUT2D eigenvalue weighted by Gasteiger charge is 2.21. The number of aliphatic imine (C=N–C) groups is 1. The van der Waals surface area contributed by atoms with E-state index in [-0.39, 0.29) is 5.75 Å². The Morgan fingerprint density at radius 1 is 0.840 bits per heavy atom. The molecule has 0 bridgehead atoms. The lowest BCUT2D eigenvalue weighted by Crippen LogP contribution is -2.09. The smallest absolute Gasteiger partial charge is 0.124 e. The molecule has 126 valence electrons. The van der Waals surface area contributed by atoms with Crippen molar-refractivity contribution in [1.82, 2.24) is 0 Å². The van der Waals surface area contributed by atoms with Gasteiger partial charge in [0.25, 0.3) is 0 Å². The van der Waals surface area contributed by atoms with Crippen molar-refractivity contribution in [3.8, 4) is 5.75 Å². The van der Waals surface area contributed by atoms with E-state index in [0.29, 0.717) is 10.6 Å². The van der Waals surface area contributed by atoms with Crippen LogP contribution in [-0.4, -0.2) is 16.4 Å². The van der Waals surface area contributed by atoms with Gasteiger partial charge in [-0.15, -0.1) is 0 Å². The van der Waals surface area contributed by atoms with Crippen LogP contribution in [0.5, 0.6) is 5.75 Å². The van der Waals surface area contributed by atoms with Crippen LogP contribution in [-0.2, 0) is 0 Å². The average Bonchev–Trinajstić information content (AvgIpc) is 2.66. The highest BCUT2D eigenvalue weighted by atomic mass is 35.5. The normalized spacial score (nSPS) is 13.7. The Balaban J connectivity index is 1.97. The molecule has 0 heterocycles. The summed E-state index contributed by atoms with van der Waals surface area (Å²) < 4.78 is 0. The van der Waals surface area contributed by atoms with Crippen molar-refractivity contribution in [2.75, 3.05) is 0 Å². The van der Waals surface area contributed by atoms with Gasteiger partial charge < -0.3 is 10.2 Å². The van der Waals surface area contributed by atoms with E-state index < -0.39 is 12.1 Å². The first-order valence-electron chi connectivity index (χ1n) is 7.95. The topological polar surface area (TPSA) is 52.8 Å². The third-order valence-corrected chi connectivity index (χ3v) is 4.18. The molecule has 2 N–H and O–H groups in total. The SMILES string of the molecule is Oc1ccc(Cl)cc1C=N[C@H](c1ccccc1)[C@@H](O)c1ccccc1. The van der Waals surface area contributed by atoms with Gasteiger partial charge in [-0.3, -0.25) is 4.99 Å². The third kappa shape index (κ3) is 4.27. The summed E-state index contributed by atoms with van der Waals surface area (Å²) in [7, 11) is 0. The van der Waals surface area contributed by atoms with Crippen LogP contribution in [0.25, 0.3) is 0 Å². The van der Waals surface area contributed by atoms with Gasteiger partial charge in [0.15, 0.2) is 0 Å². The highest BCUT2D eigenvalue weighted by Crippen LogP contribution is 2.32. The summed E-state index contributed by atoms with van der Waals surface area (Å²) in [5.74, 6) is 0.0918. The quantitative estimate of drug-likeness (QED) is 0.640. The van der Waals surface area contributed by atoms with E-state index in [1.54, 1.807) is 18.3 Å². The first-order chi connectivity index (χ1) is 12.1. The highest BCUT2D eigenvalue weighted by molar-refractivity contribution is 6.30. The van der Waals surface area contributed by atoms with Crippen molar-refractivity contribution in [3.05, 3.63) is 101 Å². The fourth-order valence-corrected chi connectivity index (χ4v) is 2.80. The van der Waals surface area contributed by atoms with E-state index >= 15 is 0 Å². The van der Waals surface area contributed by atoms with E-state index in [1.807, 2.05) is 60.7 Å². The molecule has 25 heavy (non-hydrogen) atoms. The third-order valence-electron chi connectivity index (χ3n) is 3.95. The maximum Gasteiger partial charge on any atom is 0.124 e. The zero-order chi connectivity index (χ0) is 17.6. The molecule has 0 aliphatic heterocycles. The first kappa shape index (κ1) is 17.2. The first-order valence-corrected chi connectivity index (χ1v) is 8.32. The van der Waals surface area contributed by atoms with Crippen LogP contribution in [0.4, 0.5) is 0 Å². The average molecular weight is 352 g/mol. The molecule has 3 aromatic carbocycles. The van der Waals surface area contributed by atoms with E-state index in [4.69, 9.17) is 11.6 Å². The number of aliphatic hydroxyl groups excluding tert-OH is 1. The lowest BCUT2D eigenvalue weighted by molar-refractivity contribution is 0.148. The van der Waals surface area contributed by atoms with Crippen LogP contribution in [0.2, 0.25) is 5.02 Å². The number of benzene rings is 3. The Bertz CT molecular complexity index is 850. The monoisotopic (exact) mass is 351 g/mol. The van der Waals surface area contributed by atoms with Crippen molar-refractivity contribution in [2.45, 2.75) is 12.1 Å². The number of aliphatic hydroxyl groups is 1. The van der Waals surface area contributed by atoms with Gasteiger partial charge in [0, 0.05) is 16.8 Å². The molecule has 0 aliphatic carbocycles. The van der Waals surface area contributed by atoms with Crippen LogP contribution in [0.3, 0.4) is 0 Å². The zero-order valence-electron chi connectivity index (χ0n) is 13.5. The molecule has 3 nitrogen and oxygen atoms in total. The molecule has 0 aliphatic rings. The van der Waals surface area contributed by atoms with Gasteiger partial charge in [0.05, 0.1) is 0 Å². The molecule has 0 saturated heterocycles. The van der Waals surface area contributed by atoms with Gasteiger partial charge in [-0.1, -0.05) is 72.3 Å². The summed E-state index contributed by atoms with van der Waals surface area (Å²) in [5, 5.41) is 21.3. The maximum atomic E-state index is 10.8. The van der Waals surface area contributed by atoms with Crippen LogP contribution in [0, 0.1) is 0 Å². The Morgan fingerprint density at radius 2 is 1.44 bits per heavy atom. The Hall–Kier alpha value is -2.62. The molecule has 2 atom stereocenters. The van der Waals surface area contributed by atoms with E-state index in [2.05, 4.69) is 4.99 Å². The minimum Gasteiger partial charge on any atom is -0.507 e. The maximum absolute atomic E-state index is 10.8. The zero-order valence-corrected chi connectivity index (χ0v) is 14.2. The number of rotatable bonds is 5. The van der Waals surface area contributed by atoms with E-state index in [9.17, 15) is 10.2 Å². The molecule has 0 spiro atoms. The van der Waals surface area contributed by atoms with Gasteiger partial charge in [-0.25, -0.2) is 0 Å². The molecule has 0 aromatic heterocycles. The van der Waals surface area contributed by atoms with Crippen LogP contribution in [0.15, 0.2) is 83.9 Å². The molecule has 0 saturated carbocycles. The fourth-order valence-electron chi connectivity index (χ4n) is 2.62. The summed E-state index contributed by atoms with van der Waals surface area (Å²) in [4.78, 5) is 4.55.